The van der Waals surface area contributed by atoms with Crippen LogP contribution in [0.3, 0.4) is 0 Å². The van der Waals surface area contributed by atoms with E-state index < -0.39 is 10.0 Å². The maximum atomic E-state index is 12.3. The van der Waals surface area contributed by atoms with Crippen LogP contribution in [0.1, 0.15) is 46.5 Å². The minimum atomic E-state index is -3.06. The highest BCUT2D eigenvalue weighted by Gasteiger charge is 2.30. The van der Waals surface area contributed by atoms with Crippen LogP contribution in [0.15, 0.2) is 0 Å². The average Bonchev–Trinajstić information content (AvgIpc) is 2.36. The Kier molecular flexibility index (Phi) is 8.52. The number of piperidine rings is 1. The monoisotopic (exact) mass is 312 g/mol. The molecule has 1 fully saturated rings. The number of halogens is 1. The van der Waals surface area contributed by atoms with E-state index in [2.05, 4.69) is 13.8 Å². The molecule has 0 bridgehead atoms. The molecule has 1 aliphatic heterocycles. The van der Waals surface area contributed by atoms with Crippen LogP contribution in [0, 0.1) is 11.8 Å². The third kappa shape index (κ3) is 5.58. The molecule has 0 aliphatic carbocycles. The summed E-state index contributed by atoms with van der Waals surface area (Å²) in [6.07, 6.45) is 3.68. The van der Waals surface area contributed by atoms with Crippen LogP contribution in [-0.2, 0) is 10.0 Å². The van der Waals surface area contributed by atoms with Gasteiger partial charge < -0.3 is 5.73 Å². The summed E-state index contributed by atoms with van der Waals surface area (Å²) < 4.78 is 26.2. The Morgan fingerprint density at radius 1 is 1.21 bits per heavy atom. The zero-order valence-electron chi connectivity index (χ0n) is 12.3. The fourth-order valence-corrected chi connectivity index (χ4v) is 4.65. The number of hydrogen-bond acceptors (Lipinski definition) is 3. The average molecular weight is 313 g/mol. The molecule has 6 heteroatoms. The van der Waals surface area contributed by atoms with Crippen molar-refractivity contribution in [3.8, 4) is 0 Å². The Bertz CT molecular complexity index is 335. The van der Waals surface area contributed by atoms with Crippen molar-refractivity contribution in [2.75, 3.05) is 18.8 Å². The number of sulfonamides is 1. The van der Waals surface area contributed by atoms with E-state index in [9.17, 15) is 8.42 Å². The van der Waals surface area contributed by atoms with Gasteiger partial charge in [-0.05, 0) is 31.6 Å². The van der Waals surface area contributed by atoms with E-state index in [0.29, 0.717) is 30.7 Å². The zero-order chi connectivity index (χ0) is 13.8. The first-order chi connectivity index (χ1) is 8.40. The summed E-state index contributed by atoms with van der Waals surface area (Å²) in [7, 11) is -3.06. The molecule has 2 N–H and O–H groups in total. The van der Waals surface area contributed by atoms with Crippen LogP contribution in [0.4, 0.5) is 0 Å². The van der Waals surface area contributed by atoms with Crippen LogP contribution >= 0.6 is 12.4 Å². The molecule has 1 rings (SSSR count). The number of rotatable bonds is 6. The van der Waals surface area contributed by atoms with Gasteiger partial charge in [-0.1, -0.05) is 26.7 Å². The van der Waals surface area contributed by atoms with Gasteiger partial charge in [-0.15, -0.1) is 12.4 Å². The molecule has 1 saturated heterocycles. The van der Waals surface area contributed by atoms with E-state index in [-0.39, 0.29) is 18.4 Å². The van der Waals surface area contributed by atoms with Crippen molar-refractivity contribution in [3.63, 3.8) is 0 Å². The van der Waals surface area contributed by atoms with Crippen LogP contribution in [0.2, 0.25) is 0 Å². The molecule has 0 aromatic heterocycles. The lowest BCUT2D eigenvalue weighted by Crippen LogP contribution is -2.44. The Labute approximate surface area is 124 Å². The maximum Gasteiger partial charge on any atom is 0.214 e. The molecule has 1 heterocycles. The molecular formula is C13H29ClN2O2S. The Balaban J connectivity index is 0.00000324. The van der Waals surface area contributed by atoms with Gasteiger partial charge in [-0.25, -0.2) is 12.7 Å². The van der Waals surface area contributed by atoms with Crippen molar-refractivity contribution >= 4 is 22.4 Å². The summed E-state index contributed by atoms with van der Waals surface area (Å²) in [4.78, 5) is 0. The lowest BCUT2D eigenvalue weighted by Gasteiger charge is -2.33. The highest BCUT2D eigenvalue weighted by atomic mass is 35.5. The first kappa shape index (κ1) is 19.2. The third-order valence-corrected chi connectivity index (χ3v) is 6.28. The molecule has 4 nitrogen and oxygen atoms in total. The molecule has 19 heavy (non-hydrogen) atoms. The smallest absolute Gasteiger partial charge is 0.214 e. The molecule has 0 saturated carbocycles. The molecule has 0 radical (unpaired) electrons. The lowest BCUT2D eigenvalue weighted by atomic mass is 9.92. The van der Waals surface area contributed by atoms with E-state index >= 15 is 0 Å². The van der Waals surface area contributed by atoms with E-state index in [4.69, 9.17) is 5.73 Å². The summed E-state index contributed by atoms with van der Waals surface area (Å²) in [5, 5.41) is 0. The lowest BCUT2D eigenvalue weighted by molar-refractivity contribution is 0.249. The standard InChI is InChI=1S/C13H28N2O2S.ClH/c1-4-12(5-2)10-18(16,17)15-8-6-13(7-9-15)11(3)14;/h11-13H,4-10,14H2,1-3H3;1H. The summed E-state index contributed by atoms with van der Waals surface area (Å²) in [6.45, 7) is 7.43. The third-order valence-electron chi connectivity index (χ3n) is 4.24. The molecule has 0 amide bonds. The second-order valence-corrected chi connectivity index (χ2v) is 7.57. The SMILES string of the molecule is CCC(CC)CS(=O)(=O)N1CCC(C(C)N)CC1.Cl. The van der Waals surface area contributed by atoms with E-state index in [0.717, 1.165) is 25.7 Å². The number of nitrogens with zero attached hydrogens (tertiary/aromatic N) is 1. The summed E-state index contributed by atoms with van der Waals surface area (Å²) in [5.41, 5.74) is 5.88. The van der Waals surface area contributed by atoms with Gasteiger partial charge >= 0.3 is 0 Å². The zero-order valence-corrected chi connectivity index (χ0v) is 14.0. The predicted molar refractivity (Wildman–Crippen MR) is 83.1 cm³/mol. The van der Waals surface area contributed by atoms with Crippen LogP contribution in [-0.4, -0.2) is 37.6 Å². The second kappa shape index (κ2) is 8.45. The normalized spacial score (nSPS) is 20.3. The van der Waals surface area contributed by atoms with E-state index in [1.54, 1.807) is 4.31 Å². The molecule has 1 aliphatic rings. The highest BCUT2D eigenvalue weighted by molar-refractivity contribution is 7.89. The highest BCUT2D eigenvalue weighted by Crippen LogP contribution is 2.23. The van der Waals surface area contributed by atoms with Gasteiger partial charge in [0.25, 0.3) is 0 Å². The first-order valence-corrected chi connectivity index (χ1v) is 8.75. The van der Waals surface area contributed by atoms with Gasteiger partial charge in [-0.3, -0.25) is 0 Å². The number of nitrogens with two attached hydrogens (primary N) is 1. The van der Waals surface area contributed by atoms with E-state index in [1.807, 2.05) is 6.92 Å². The van der Waals surface area contributed by atoms with Crippen molar-refractivity contribution in [1.29, 1.82) is 0 Å². The molecule has 1 unspecified atom stereocenters. The molecule has 1 atom stereocenters. The van der Waals surface area contributed by atoms with Gasteiger partial charge in [0.05, 0.1) is 5.75 Å². The van der Waals surface area contributed by atoms with Crippen molar-refractivity contribution < 1.29 is 8.42 Å². The first-order valence-electron chi connectivity index (χ1n) is 7.14. The van der Waals surface area contributed by atoms with Crippen LogP contribution < -0.4 is 5.73 Å². The summed E-state index contributed by atoms with van der Waals surface area (Å²) in [6, 6.07) is 0.175. The minimum Gasteiger partial charge on any atom is -0.328 e. The molecule has 0 aromatic carbocycles. The van der Waals surface area contributed by atoms with Crippen LogP contribution in [0.5, 0.6) is 0 Å². The van der Waals surface area contributed by atoms with E-state index in [1.165, 1.54) is 0 Å². The topological polar surface area (TPSA) is 63.4 Å². The number of hydrogen-bond donors (Lipinski definition) is 1. The van der Waals surface area contributed by atoms with Crippen molar-refractivity contribution in [2.24, 2.45) is 17.6 Å². The summed E-state index contributed by atoms with van der Waals surface area (Å²) in [5.74, 6) is 1.08. The van der Waals surface area contributed by atoms with Gasteiger partial charge in [-0.2, -0.15) is 0 Å². The Morgan fingerprint density at radius 3 is 2.05 bits per heavy atom. The molecule has 116 valence electrons. The molecule has 0 aromatic rings. The van der Waals surface area contributed by atoms with Gasteiger partial charge in [0, 0.05) is 19.1 Å². The fraction of sp³-hybridized carbons (Fsp3) is 1.00. The Hall–Kier alpha value is 0.160. The van der Waals surface area contributed by atoms with Gasteiger partial charge in [0.1, 0.15) is 0 Å². The largest absolute Gasteiger partial charge is 0.328 e. The predicted octanol–water partition coefficient (Wildman–Crippen LogP) is 2.23. The summed E-state index contributed by atoms with van der Waals surface area (Å²) >= 11 is 0. The second-order valence-electron chi connectivity index (χ2n) is 5.56. The Morgan fingerprint density at radius 2 is 1.68 bits per heavy atom. The fourth-order valence-electron chi connectivity index (χ4n) is 2.61. The molecular weight excluding hydrogens is 284 g/mol. The van der Waals surface area contributed by atoms with Crippen molar-refractivity contribution in [3.05, 3.63) is 0 Å². The maximum absolute atomic E-state index is 12.3. The van der Waals surface area contributed by atoms with Crippen molar-refractivity contribution in [2.45, 2.75) is 52.5 Å². The van der Waals surface area contributed by atoms with Gasteiger partial charge in [0.2, 0.25) is 10.0 Å². The minimum absolute atomic E-state index is 0. The van der Waals surface area contributed by atoms with Crippen LogP contribution in [0.25, 0.3) is 0 Å². The quantitative estimate of drug-likeness (QED) is 0.818. The van der Waals surface area contributed by atoms with Crippen molar-refractivity contribution in [1.82, 2.24) is 4.31 Å². The molecule has 0 spiro atoms. The van der Waals surface area contributed by atoms with Gasteiger partial charge in [0.15, 0.2) is 0 Å².